The van der Waals surface area contributed by atoms with Crippen molar-refractivity contribution < 1.29 is 9.90 Å². The maximum Gasteiger partial charge on any atom is 0.177 e. The molecule has 1 rings (SSSR count). The lowest BCUT2D eigenvalue weighted by atomic mass is 10.3. The van der Waals surface area contributed by atoms with Crippen LogP contribution in [-0.4, -0.2) is 21.4 Å². The van der Waals surface area contributed by atoms with Gasteiger partial charge in [0, 0.05) is 0 Å². The van der Waals surface area contributed by atoms with Crippen molar-refractivity contribution in [3.05, 3.63) is 3.95 Å². The molecule has 4 nitrogen and oxygen atoms in total. The monoisotopic (exact) mass is 235 g/mol. The number of aromatic amines is 1. The lowest BCUT2D eigenvalue weighted by molar-refractivity contribution is -0.304. The van der Waals surface area contributed by atoms with Crippen LogP contribution in [0, 0.1) is 3.95 Å². The van der Waals surface area contributed by atoms with Crippen molar-refractivity contribution in [3.63, 3.8) is 0 Å². The van der Waals surface area contributed by atoms with E-state index in [2.05, 4.69) is 10.2 Å². The van der Waals surface area contributed by atoms with Crippen LogP contribution in [0.2, 0.25) is 0 Å². The number of H-pyrrole nitrogens is 1. The topological polar surface area (TPSA) is 68.8 Å². The van der Waals surface area contributed by atoms with Gasteiger partial charge in [0.2, 0.25) is 0 Å². The summed E-state index contributed by atoms with van der Waals surface area (Å²) in [5.41, 5.74) is 0. The molecule has 0 saturated heterocycles. The Morgan fingerprint density at radius 1 is 1.92 bits per heavy atom. The van der Waals surface area contributed by atoms with E-state index in [9.17, 15) is 9.90 Å². The number of carboxylic acids is 1. The van der Waals surface area contributed by atoms with Crippen LogP contribution < -0.4 is 5.11 Å². The summed E-state index contributed by atoms with van der Waals surface area (Å²) >= 11 is 7.25. The molecular formula is C6H7N2O2S3-. The van der Waals surface area contributed by atoms with Gasteiger partial charge in [0.25, 0.3) is 0 Å². The molecule has 72 valence electrons. The first-order valence-corrected chi connectivity index (χ1v) is 5.67. The van der Waals surface area contributed by atoms with Gasteiger partial charge in [0.05, 0.1) is 11.2 Å². The molecule has 0 bridgehead atoms. The molecule has 0 aromatic carbocycles. The highest BCUT2D eigenvalue weighted by Gasteiger charge is 2.11. The molecule has 0 aliphatic heterocycles. The Morgan fingerprint density at radius 3 is 3.00 bits per heavy atom. The van der Waals surface area contributed by atoms with Crippen LogP contribution in [0.1, 0.15) is 13.3 Å². The number of aliphatic carboxylic acids is 1. The van der Waals surface area contributed by atoms with Gasteiger partial charge in [-0.1, -0.05) is 30.0 Å². The lowest BCUT2D eigenvalue weighted by Gasteiger charge is -2.12. The first-order chi connectivity index (χ1) is 6.13. The standard InChI is InChI=1S/C6H8N2O2S3/c1-2-3(4(9)10)12-6-8-7-5(11)13-6/h3H,2H2,1H3,(H,7,11)(H,9,10)/p-1. The fourth-order valence-corrected chi connectivity index (χ4v) is 2.86. The minimum absolute atomic E-state index is 0.513. The van der Waals surface area contributed by atoms with Crippen molar-refractivity contribution >= 4 is 41.3 Å². The molecule has 1 unspecified atom stereocenters. The summed E-state index contributed by atoms with van der Waals surface area (Å²) in [7, 11) is 0. The van der Waals surface area contributed by atoms with Gasteiger partial charge < -0.3 is 9.90 Å². The summed E-state index contributed by atoms with van der Waals surface area (Å²) in [6, 6.07) is 0. The molecule has 1 N–H and O–H groups in total. The smallest absolute Gasteiger partial charge is 0.177 e. The first-order valence-electron chi connectivity index (χ1n) is 3.56. The summed E-state index contributed by atoms with van der Waals surface area (Å²) in [6.07, 6.45) is 0.513. The maximum absolute atomic E-state index is 10.6. The first kappa shape index (κ1) is 10.7. The summed E-state index contributed by atoms with van der Waals surface area (Å²) in [4.78, 5) is 10.6. The van der Waals surface area contributed by atoms with Gasteiger partial charge in [-0.25, -0.2) is 0 Å². The normalized spacial score (nSPS) is 12.7. The highest BCUT2D eigenvalue weighted by atomic mass is 32.2. The van der Waals surface area contributed by atoms with Crippen molar-refractivity contribution in [2.45, 2.75) is 22.9 Å². The van der Waals surface area contributed by atoms with E-state index >= 15 is 0 Å². The molecule has 0 aliphatic carbocycles. The molecule has 0 spiro atoms. The number of thioether (sulfide) groups is 1. The maximum atomic E-state index is 10.6. The van der Waals surface area contributed by atoms with Crippen molar-refractivity contribution in [1.82, 2.24) is 10.2 Å². The van der Waals surface area contributed by atoms with E-state index in [0.717, 1.165) is 0 Å². The van der Waals surface area contributed by atoms with E-state index in [1.807, 2.05) is 0 Å². The van der Waals surface area contributed by atoms with Crippen molar-refractivity contribution in [1.29, 1.82) is 0 Å². The van der Waals surface area contributed by atoms with Gasteiger partial charge in [-0.05, 0) is 18.6 Å². The van der Waals surface area contributed by atoms with Gasteiger partial charge in [0.15, 0.2) is 8.29 Å². The van der Waals surface area contributed by atoms with Crippen molar-refractivity contribution in [2.24, 2.45) is 0 Å². The fourth-order valence-electron chi connectivity index (χ4n) is 0.686. The zero-order valence-corrected chi connectivity index (χ0v) is 9.22. The number of hydrogen-bond donors (Lipinski definition) is 1. The Bertz CT molecular complexity index is 346. The minimum atomic E-state index is -1.06. The van der Waals surface area contributed by atoms with Crippen LogP contribution >= 0.6 is 35.3 Å². The molecule has 13 heavy (non-hydrogen) atoms. The van der Waals surface area contributed by atoms with E-state index < -0.39 is 11.2 Å². The molecule has 0 fully saturated rings. The summed E-state index contributed by atoms with van der Waals surface area (Å²) < 4.78 is 1.19. The third-order valence-electron chi connectivity index (χ3n) is 1.30. The fraction of sp³-hybridized carbons (Fsp3) is 0.500. The number of aromatic nitrogens is 2. The Morgan fingerprint density at radius 2 is 2.62 bits per heavy atom. The van der Waals surface area contributed by atoms with E-state index in [0.29, 0.717) is 14.7 Å². The number of nitrogens with one attached hydrogen (secondary N) is 1. The molecule has 1 aromatic heterocycles. The summed E-state index contributed by atoms with van der Waals surface area (Å²) in [5, 5.41) is 16.4. The van der Waals surface area contributed by atoms with Crippen LogP contribution in [0.5, 0.6) is 0 Å². The molecule has 0 aliphatic rings. The Hall–Kier alpha value is -0.400. The SMILES string of the molecule is CCC(Sc1n[nH]c(=S)s1)C(=O)[O-]. The predicted molar refractivity (Wildman–Crippen MR) is 52.2 cm³/mol. The molecule has 7 heteroatoms. The largest absolute Gasteiger partial charge is 0.549 e. The highest BCUT2D eigenvalue weighted by Crippen LogP contribution is 2.26. The van der Waals surface area contributed by atoms with E-state index in [4.69, 9.17) is 12.2 Å². The van der Waals surface area contributed by atoms with Crippen LogP contribution in [0.3, 0.4) is 0 Å². The second-order valence-electron chi connectivity index (χ2n) is 2.21. The molecule has 0 radical (unpaired) electrons. The van der Waals surface area contributed by atoms with Crippen LogP contribution in [-0.2, 0) is 4.79 Å². The van der Waals surface area contributed by atoms with Gasteiger partial charge in [-0.15, -0.1) is 0 Å². The van der Waals surface area contributed by atoms with Crippen molar-refractivity contribution in [2.75, 3.05) is 0 Å². The Labute approximate surface area is 88.4 Å². The lowest BCUT2D eigenvalue weighted by Crippen LogP contribution is -2.32. The summed E-state index contributed by atoms with van der Waals surface area (Å²) in [6.45, 7) is 1.79. The summed E-state index contributed by atoms with van der Waals surface area (Å²) in [5.74, 6) is -1.06. The third kappa shape index (κ3) is 3.09. The number of hydrogen-bond acceptors (Lipinski definition) is 6. The van der Waals surface area contributed by atoms with Crippen LogP contribution in [0.15, 0.2) is 4.34 Å². The predicted octanol–water partition coefficient (Wildman–Crippen LogP) is 0.821. The van der Waals surface area contributed by atoms with E-state index in [1.165, 1.54) is 23.1 Å². The zero-order chi connectivity index (χ0) is 9.84. The average molecular weight is 235 g/mol. The van der Waals surface area contributed by atoms with E-state index in [1.54, 1.807) is 6.92 Å². The van der Waals surface area contributed by atoms with Crippen LogP contribution in [0.25, 0.3) is 0 Å². The molecule has 1 heterocycles. The van der Waals surface area contributed by atoms with Gasteiger partial charge in [-0.3, -0.25) is 5.10 Å². The molecule has 1 aromatic rings. The number of carbonyl (C=O) groups is 1. The Balaban J connectivity index is 2.67. The number of carboxylic acid groups (broad SMARTS) is 1. The van der Waals surface area contributed by atoms with Gasteiger partial charge >= 0.3 is 0 Å². The molecule has 0 saturated carbocycles. The molecular weight excluding hydrogens is 228 g/mol. The minimum Gasteiger partial charge on any atom is -0.549 e. The number of nitrogens with zero attached hydrogens (tertiary/aromatic N) is 1. The Kier molecular flexibility index (Phi) is 3.89. The van der Waals surface area contributed by atoms with Gasteiger partial charge in [0.1, 0.15) is 0 Å². The average Bonchev–Trinajstić information content (AvgIpc) is 2.46. The third-order valence-corrected chi connectivity index (χ3v) is 3.82. The van der Waals surface area contributed by atoms with Crippen molar-refractivity contribution in [3.8, 4) is 0 Å². The highest BCUT2D eigenvalue weighted by molar-refractivity contribution is 8.02. The number of carbonyl (C=O) groups excluding carboxylic acids is 1. The van der Waals surface area contributed by atoms with E-state index in [-0.39, 0.29) is 0 Å². The molecule has 1 atom stereocenters. The quantitative estimate of drug-likeness (QED) is 0.618. The van der Waals surface area contributed by atoms with Crippen LogP contribution in [0.4, 0.5) is 0 Å². The second kappa shape index (κ2) is 4.73. The second-order valence-corrected chi connectivity index (χ2v) is 5.33. The molecule has 0 amide bonds. The number of rotatable bonds is 4. The zero-order valence-electron chi connectivity index (χ0n) is 6.77. The van der Waals surface area contributed by atoms with Gasteiger partial charge in [-0.2, -0.15) is 5.10 Å².